The fraction of sp³-hybridized carbons (Fsp3) is 0.562. The van der Waals surface area contributed by atoms with Gasteiger partial charge < -0.3 is 14.8 Å². The number of hydrogen-bond acceptors (Lipinski definition) is 4. The second-order valence-electron chi connectivity index (χ2n) is 5.30. The zero-order valence-electron chi connectivity index (χ0n) is 12.9. The smallest absolute Gasteiger partial charge is 0.305 e. The van der Waals surface area contributed by atoms with E-state index in [0.717, 1.165) is 28.9 Å². The molecule has 0 atom stereocenters. The van der Waals surface area contributed by atoms with E-state index in [2.05, 4.69) is 45.9 Å². The number of hydrogen-bond donors (Lipinski definition) is 1. The molecule has 1 N–H and O–H groups in total. The van der Waals surface area contributed by atoms with Gasteiger partial charge in [-0.1, -0.05) is 29.8 Å². The number of halogens is 1. The van der Waals surface area contributed by atoms with E-state index >= 15 is 0 Å². The SMILES string of the molecule is COC(=O)CCCOc1ccc(Br)cc1CNCC(C)C. The largest absolute Gasteiger partial charge is 0.493 e. The van der Waals surface area contributed by atoms with Gasteiger partial charge in [-0.3, -0.25) is 4.79 Å². The van der Waals surface area contributed by atoms with E-state index in [1.807, 2.05) is 12.1 Å². The summed E-state index contributed by atoms with van der Waals surface area (Å²) in [5, 5.41) is 3.41. The highest BCUT2D eigenvalue weighted by Gasteiger charge is 2.06. The van der Waals surface area contributed by atoms with Gasteiger partial charge in [0.1, 0.15) is 5.75 Å². The number of ether oxygens (including phenoxy) is 2. The molecule has 0 aliphatic carbocycles. The molecule has 0 spiro atoms. The Kier molecular flexibility index (Phi) is 8.38. The Morgan fingerprint density at radius 1 is 1.38 bits per heavy atom. The summed E-state index contributed by atoms with van der Waals surface area (Å²) in [7, 11) is 1.40. The van der Waals surface area contributed by atoms with Gasteiger partial charge in [-0.05, 0) is 37.1 Å². The van der Waals surface area contributed by atoms with Crippen LogP contribution < -0.4 is 10.1 Å². The van der Waals surface area contributed by atoms with Gasteiger partial charge in [-0.15, -0.1) is 0 Å². The van der Waals surface area contributed by atoms with Gasteiger partial charge in [0.25, 0.3) is 0 Å². The Hall–Kier alpha value is -1.07. The second-order valence-corrected chi connectivity index (χ2v) is 6.22. The predicted octanol–water partition coefficient (Wildman–Crippen LogP) is 3.53. The summed E-state index contributed by atoms with van der Waals surface area (Å²) in [6, 6.07) is 5.97. The van der Waals surface area contributed by atoms with Gasteiger partial charge in [0.15, 0.2) is 0 Å². The van der Waals surface area contributed by atoms with E-state index in [0.29, 0.717) is 25.4 Å². The summed E-state index contributed by atoms with van der Waals surface area (Å²) >= 11 is 3.48. The topological polar surface area (TPSA) is 47.6 Å². The van der Waals surface area contributed by atoms with Crippen molar-refractivity contribution in [1.29, 1.82) is 0 Å². The molecule has 1 aromatic carbocycles. The average molecular weight is 358 g/mol. The third-order valence-electron chi connectivity index (χ3n) is 2.90. The fourth-order valence-corrected chi connectivity index (χ4v) is 2.23. The second kappa shape index (κ2) is 9.79. The molecule has 0 radical (unpaired) electrons. The van der Waals surface area contributed by atoms with Crippen molar-refractivity contribution in [3.05, 3.63) is 28.2 Å². The molecule has 4 nitrogen and oxygen atoms in total. The van der Waals surface area contributed by atoms with Crippen molar-refractivity contribution in [2.75, 3.05) is 20.3 Å². The van der Waals surface area contributed by atoms with Crippen molar-refractivity contribution in [2.45, 2.75) is 33.2 Å². The quantitative estimate of drug-likeness (QED) is 0.542. The average Bonchev–Trinajstić information content (AvgIpc) is 2.44. The van der Waals surface area contributed by atoms with E-state index in [9.17, 15) is 4.79 Å². The lowest BCUT2D eigenvalue weighted by molar-refractivity contribution is -0.140. The van der Waals surface area contributed by atoms with Crippen LogP contribution in [0.5, 0.6) is 5.75 Å². The molecule has 0 aliphatic heterocycles. The Labute approximate surface area is 135 Å². The van der Waals surface area contributed by atoms with Gasteiger partial charge in [0, 0.05) is 23.0 Å². The lowest BCUT2D eigenvalue weighted by atomic mass is 10.2. The van der Waals surface area contributed by atoms with E-state index in [-0.39, 0.29) is 5.97 Å². The molecule has 1 rings (SSSR count). The minimum Gasteiger partial charge on any atom is -0.493 e. The van der Waals surface area contributed by atoms with Gasteiger partial charge in [-0.25, -0.2) is 0 Å². The number of benzene rings is 1. The molecule has 1 aromatic rings. The normalized spacial score (nSPS) is 10.7. The molecule has 118 valence electrons. The zero-order valence-corrected chi connectivity index (χ0v) is 14.5. The molecule has 21 heavy (non-hydrogen) atoms. The first-order valence-electron chi connectivity index (χ1n) is 7.21. The van der Waals surface area contributed by atoms with Crippen LogP contribution >= 0.6 is 15.9 Å². The maximum Gasteiger partial charge on any atom is 0.305 e. The molecule has 0 unspecified atom stereocenters. The van der Waals surface area contributed by atoms with Crippen molar-refractivity contribution in [3.63, 3.8) is 0 Å². The number of carbonyl (C=O) groups is 1. The van der Waals surface area contributed by atoms with Crippen molar-refractivity contribution in [3.8, 4) is 5.75 Å². The van der Waals surface area contributed by atoms with Crippen LogP contribution in [-0.4, -0.2) is 26.2 Å². The van der Waals surface area contributed by atoms with Crippen molar-refractivity contribution >= 4 is 21.9 Å². The monoisotopic (exact) mass is 357 g/mol. The Bertz CT molecular complexity index is 449. The number of rotatable bonds is 9. The van der Waals surface area contributed by atoms with Crippen LogP contribution in [0.4, 0.5) is 0 Å². The summed E-state index contributed by atoms with van der Waals surface area (Å²) in [4.78, 5) is 11.0. The molecule has 0 aromatic heterocycles. The molecule has 0 fully saturated rings. The number of esters is 1. The van der Waals surface area contributed by atoms with Gasteiger partial charge in [-0.2, -0.15) is 0 Å². The third kappa shape index (κ3) is 7.48. The number of methoxy groups -OCH3 is 1. The van der Waals surface area contributed by atoms with Crippen LogP contribution in [0.1, 0.15) is 32.3 Å². The summed E-state index contributed by atoms with van der Waals surface area (Å²) in [5.41, 5.74) is 1.11. The molecule has 0 bridgehead atoms. The third-order valence-corrected chi connectivity index (χ3v) is 3.39. The first-order chi connectivity index (χ1) is 10.0. The maximum absolute atomic E-state index is 11.0. The highest BCUT2D eigenvalue weighted by atomic mass is 79.9. The molecule has 0 aliphatic rings. The standard InChI is InChI=1S/C16H24BrNO3/c1-12(2)10-18-11-13-9-14(17)6-7-15(13)21-8-4-5-16(19)20-3/h6-7,9,12,18H,4-5,8,10-11H2,1-3H3. The van der Waals surface area contributed by atoms with E-state index in [1.54, 1.807) is 0 Å². The highest BCUT2D eigenvalue weighted by Crippen LogP contribution is 2.23. The highest BCUT2D eigenvalue weighted by molar-refractivity contribution is 9.10. The predicted molar refractivity (Wildman–Crippen MR) is 87.4 cm³/mol. The van der Waals surface area contributed by atoms with Crippen molar-refractivity contribution < 1.29 is 14.3 Å². The molecule has 5 heteroatoms. The molecule has 0 amide bonds. The van der Waals surface area contributed by atoms with Crippen molar-refractivity contribution in [1.82, 2.24) is 5.32 Å². The molecule has 0 heterocycles. The maximum atomic E-state index is 11.0. The van der Waals surface area contributed by atoms with Gasteiger partial charge in [0.05, 0.1) is 13.7 Å². The van der Waals surface area contributed by atoms with Crippen LogP contribution in [0.3, 0.4) is 0 Å². The molecular formula is C16H24BrNO3. The van der Waals surface area contributed by atoms with Gasteiger partial charge in [0.2, 0.25) is 0 Å². The van der Waals surface area contributed by atoms with Gasteiger partial charge >= 0.3 is 5.97 Å². The summed E-state index contributed by atoms with van der Waals surface area (Å²) in [5.74, 6) is 1.27. The molecular weight excluding hydrogens is 334 g/mol. The van der Waals surface area contributed by atoms with Crippen LogP contribution in [0, 0.1) is 5.92 Å². The number of carbonyl (C=O) groups excluding carboxylic acids is 1. The first kappa shape index (κ1) is 18.0. The van der Waals surface area contributed by atoms with E-state index in [4.69, 9.17) is 4.74 Å². The summed E-state index contributed by atoms with van der Waals surface area (Å²) in [6.45, 7) is 6.60. The first-order valence-corrected chi connectivity index (χ1v) is 8.01. The Morgan fingerprint density at radius 2 is 2.14 bits per heavy atom. The summed E-state index contributed by atoms with van der Waals surface area (Å²) < 4.78 is 11.4. The van der Waals surface area contributed by atoms with Crippen LogP contribution in [0.15, 0.2) is 22.7 Å². The lowest BCUT2D eigenvalue weighted by Crippen LogP contribution is -2.19. The van der Waals surface area contributed by atoms with E-state index < -0.39 is 0 Å². The number of nitrogens with one attached hydrogen (secondary N) is 1. The minimum atomic E-state index is -0.201. The van der Waals surface area contributed by atoms with Crippen LogP contribution in [0.25, 0.3) is 0 Å². The zero-order chi connectivity index (χ0) is 15.7. The molecule has 0 saturated carbocycles. The Balaban J connectivity index is 2.49. The Morgan fingerprint density at radius 3 is 2.81 bits per heavy atom. The molecule has 0 saturated heterocycles. The van der Waals surface area contributed by atoms with Crippen LogP contribution in [-0.2, 0) is 16.1 Å². The van der Waals surface area contributed by atoms with E-state index in [1.165, 1.54) is 7.11 Å². The lowest BCUT2D eigenvalue weighted by Gasteiger charge is -2.13. The van der Waals surface area contributed by atoms with Crippen molar-refractivity contribution in [2.24, 2.45) is 5.92 Å². The van der Waals surface area contributed by atoms with Crippen LogP contribution in [0.2, 0.25) is 0 Å². The summed E-state index contributed by atoms with van der Waals surface area (Å²) in [6.07, 6.45) is 1.04. The fourth-order valence-electron chi connectivity index (χ4n) is 1.82. The minimum absolute atomic E-state index is 0.201.